The fraction of sp³-hybridized carbons (Fsp3) is 0.300. The Labute approximate surface area is 168 Å². The first-order chi connectivity index (χ1) is 13.7. The summed E-state index contributed by atoms with van der Waals surface area (Å²) in [7, 11) is 1.59. The van der Waals surface area contributed by atoms with Crippen LogP contribution in [0.1, 0.15) is 25.3 Å². The summed E-state index contributed by atoms with van der Waals surface area (Å²) in [6.07, 6.45) is 3.42. The Hall–Kier alpha value is -2.87. The van der Waals surface area contributed by atoms with Gasteiger partial charge in [-0.15, -0.1) is 5.10 Å². The number of methoxy groups -OCH3 is 1. The molecule has 146 valence electrons. The monoisotopic (exact) mass is 397 g/mol. The number of tetrazole rings is 1. The van der Waals surface area contributed by atoms with Crippen LogP contribution < -0.4 is 10.1 Å². The molecule has 1 amide bonds. The minimum atomic E-state index is -0.136. The summed E-state index contributed by atoms with van der Waals surface area (Å²) in [5.41, 5.74) is 2.86. The third-order valence-corrected chi connectivity index (χ3v) is 5.05. The van der Waals surface area contributed by atoms with Crippen molar-refractivity contribution in [2.24, 2.45) is 0 Å². The van der Waals surface area contributed by atoms with Crippen molar-refractivity contribution in [3.63, 3.8) is 0 Å². The number of benzene rings is 2. The Morgan fingerprint density at radius 2 is 2.04 bits per heavy atom. The van der Waals surface area contributed by atoms with Gasteiger partial charge in [-0.25, -0.2) is 0 Å². The van der Waals surface area contributed by atoms with Crippen LogP contribution in [-0.4, -0.2) is 39.0 Å². The van der Waals surface area contributed by atoms with E-state index in [0.717, 1.165) is 12.1 Å². The summed E-state index contributed by atoms with van der Waals surface area (Å²) in [4.78, 5) is 12.2. The average Bonchev–Trinajstić information content (AvgIpc) is 3.20. The molecular weight excluding hydrogens is 374 g/mol. The lowest BCUT2D eigenvalue weighted by atomic mass is 10.1. The summed E-state index contributed by atoms with van der Waals surface area (Å²) >= 11 is 1.29. The van der Waals surface area contributed by atoms with Crippen LogP contribution in [0.15, 0.2) is 53.7 Å². The van der Waals surface area contributed by atoms with Crippen LogP contribution in [-0.2, 0) is 11.2 Å². The maximum atomic E-state index is 12.2. The first kappa shape index (κ1) is 19.9. The van der Waals surface area contributed by atoms with Crippen molar-refractivity contribution in [1.82, 2.24) is 20.2 Å². The highest BCUT2D eigenvalue weighted by atomic mass is 32.2. The first-order valence-electron chi connectivity index (χ1n) is 9.14. The fourth-order valence-electron chi connectivity index (χ4n) is 2.64. The number of unbranched alkanes of at least 4 members (excludes halogenated alkanes) is 1. The number of amides is 1. The van der Waals surface area contributed by atoms with Crippen LogP contribution in [0.5, 0.6) is 5.75 Å². The molecule has 0 bridgehead atoms. The number of rotatable bonds is 9. The van der Waals surface area contributed by atoms with Crippen LogP contribution in [0.3, 0.4) is 0 Å². The molecule has 3 rings (SSSR count). The van der Waals surface area contributed by atoms with Crippen molar-refractivity contribution in [3.05, 3.63) is 54.1 Å². The van der Waals surface area contributed by atoms with Crippen molar-refractivity contribution >= 4 is 23.4 Å². The van der Waals surface area contributed by atoms with Gasteiger partial charge in [-0.2, -0.15) is 4.68 Å². The van der Waals surface area contributed by atoms with E-state index in [9.17, 15) is 4.79 Å². The molecule has 1 N–H and O–H groups in total. The van der Waals surface area contributed by atoms with E-state index in [1.54, 1.807) is 17.9 Å². The van der Waals surface area contributed by atoms with E-state index in [2.05, 4.69) is 39.9 Å². The summed E-state index contributed by atoms with van der Waals surface area (Å²) in [5.74, 6) is 0.756. The van der Waals surface area contributed by atoms with Gasteiger partial charge in [0.1, 0.15) is 5.75 Å². The predicted molar refractivity (Wildman–Crippen MR) is 110 cm³/mol. The van der Waals surface area contributed by atoms with Gasteiger partial charge < -0.3 is 10.1 Å². The molecule has 0 aliphatic heterocycles. The van der Waals surface area contributed by atoms with Crippen molar-refractivity contribution in [3.8, 4) is 11.4 Å². The molecule has 0 radical (unpaired) electrons. The molecule has 0 saturated heterocycles. The standard InChI is InChI=1S/C20H23N5O2S/c1-3-4-6-15-9-11-17(12-10-15)25-20(22-23-24-25)28-14-19(26)21-16-7-5-8-18(13-16)27-2/h5,7-13H,3-4,6,14H2,1-2H3,(H,21,26). The Kier molecular flexibility index (Phi) is 7.02. The van der Waals surface area contributed by atoms with Gasteiger partial charge in [-0.05, 0) is 53.1 Å². The van der Waals surface area contributed by atoms with Crippen LogP contribution in [0.4, 0.5) is 5.69 Å². The lowest BCUT2D eigenvalue weighted by Crippen LogP contribution is -2.14. The molecule has 0 fully saturated rings. The lowest BCUT2D eigenvalue weighted by molar-refractivity contribution is -0.113. The Balaban J connectivity index is 1.60. The van der Waals surface area contributed by atoms with Crippen molar-refractivity contribution in [1.29, 1.82) is 0 Å². The van der Waals surface area contributed by atoms with Gasteiger partial charge in [0.15, 0.2) is 0 Å². The van der Waals surface area contributed by atoms with Gasteiger partial charge >= 0.3 is 0 Å². The zero-order valence-electron chi connectivity index (χ0n) is 16.0. The maximum Gasteiger partial charge on any atom is 0.234 e. The molecule has 28 heavy (non-hydrogen) atoms. The number of nitrogens with one attached hydrogen (secondary N) is 1. The number of aryl methyl sites for hydroxylation is 1. The number of carbonyl (C=O) groups is 1. The fourth-order valence-corrected chi connectivity index (χ4v) is 3.33. The molecule has 7 nitrogen and oxygen atoms in total. The number of nitrogens with zero attached hydrogens (tertiary/aromatic N) is 4. The number of ether oxygens (including phenoxy) is 1. The highest BCUT2D eigenvalue weighted by Crippen LogP contribution is 2.20. The molecule has 8 heteroatoms. The van der Waals surface area contributed by atoms with Crippen LogP contribution in [0, 0.1) is 0 Å². The topological polar surface area (TPSA) is 81.9 Å². The molecule has 0 unspecified atom stereocenters. The smallest absolute Gasteiger partial charge is 0.234 e. The highest BCUT2D eigenvalue weighted by molar-refractivity contribution is 7.99. The van der Waals surface area contributed by atoms with E-state index in [4.69, 9.17) is 4.74 Å². The van der Waals surface area contributed by atoms with Crippen molar-refractivity contribution < 1.29 is 9.53 Å². The number of thioether (sulfide) groups is 1. The third kappa shape index (κ3) is 5.32. The molecule has 1 heterocycles. The largest absolute Gasteiger partial charge is 0.497 e. The van der Waals surface area contributed by atoms with Crippen molar-refractivity contribution in [2.45, 2.75) is 31.3 Å². The van der Waals surface area contributed by atoms with E-state index < -0.39 is 0 Å². The third-order valence-electron chi connectivity index (χ3n) is 4.13. The van der Waals surface area contributed by atoms with Gasteiger partial charge in [0, 0.05) is 11.8 Å². The lowest BCUT2D eigenvalue weighted by Gasteiger charge is -2.07. The van der Waals surface area contributed by atoms with E-state index >= 15 is 0 Å². The quantitative estimate of drug-likeness (QED) is 0.554. The normalized spacial score (nSPS) is 10.6. The number of aromatic nitrogens is 4. The van der Waals surface area contributed by atoms with Crippen LogP contribution in [0.2, 0.25) is 0 Å². The Morgan fingerprint density at radius 1 is 1.21 bits per heavy atom. The minimum absolute atomic E-state index is 0.136. The summed E-state index contributed by atoms with van der Waals surface area (Å²) < 4.78 is 6.81. The molecular formula is C20H23N5O2S. The zero-order valence-corrected chi connectivity index (χ0v) is 16.8. The Morgan fingerprint density at radius 3 is 2.79 bits per heavy atom. The second kappa shape index (κ2) is 9.89. The van der Waals surface area contributed by atoms with Gasteiger partial charge in [0.2, 0.25) is 11.1 Å². The van der Waals surface area contributed by atoms with Crippen LogP contribution in [0.25, 0.3) is 5.69 Å². The Bertz CT molecular complexity index is 911. The SMILES string of the molecule is CCCCc1ccc(-n2nnnc2SCC(=O)Nc2cccc(OC)c2)cc1. The highest BCUT2D eigenvalue weighted by Gasteiger charge is 2.12. The van der Waals surface area contributed by atoms with Gasteiger partial charge in [-0.3, -0.25) is 4.79 Å². The van der Waals surface area contributed by atoms with E-state index in [-0.39, 0.29) is 11.7 Å². The van der Waals surface area contributed by atoms with Gasteiger partial charge in [-0.1, -0.05) is 43.3 Å². The number of hydrogen-bond donors (Lipinski definition) is 1. The first-order valence-corrected chi connectivity index (χ1v) is 10.1. The summed E-state index contributed by atoms with van der Waals surface area (Å²) in [6, 6.07) is 15.4. The van der Waals surface area contributed by atoms with Crippen molar-refractivity contribution in [2.75, 3.05) is 18.2 Å². The molecule has 0 atom stereocenters. The zero-order chi connectivity index (χ0) is 19.8. The predicted octanol–water partition coefficient (Wildman–Crippen LogP) is 3.74. The second-order valence-corrected chi connectivity index (χ2v) is 7.15. The molecule has 0 spiro atoms. The van der Waals surface area contributed by atoms with Crippen LogP contribution >= 0.6 is 11.8 Å². The average molecular weight is 398 g/mol. The summed E-state index contributed by atoms with van der Waals surface area (Å²) in [6.45, 7) is 2.18. The molecule has 3 aromatic rings. The summed E-state index contributed by atoms with van der Waals surface area (Å²) in [5, 5.41) is 15.3. The molecule has 0 saturated carbocycles. The second-order valence-electron chi connectivity index (χ2n) is 6.21. The number of hydrogen-bond acceptors (Lipinski definition) is 6. The molecule has 0 aliphatic rings. The minimum Gasteiger partial charge on any atom is -0.497 e. The molecule has 2 aromatic carbocycles. The molecule has 1 aromatic heterocycles. The van der Waals surface area contributed by atoms with Gasteiger partial charge in [0.05, 0.1) is 18.6 Å². The van der Waals surface area contributed by atoms with E-state index in [0.29, 0.717) is 16.6 Å². The molecule has 0 aliphatic carbocycles. The number of carbonyl (C=O) groups excluding carboxylic acids is 1. The number of anilines is 1. The van der Waals surface area contributed by atoms with E-state index in [1.165, 1.54) is 30.2 Å². The van der Waals surface area contributed by atoms with Gasteiger partial charge in [0.25, 0.3) is 0 Å². The maximum absolute atomic E-state index is 12.2. The van der Waals surface area contributed by atoms with E-state index in [1.807, 2.05) is 30.3 Å².